The highest BCUT2D eigenvalue weighted by molar-refractivity contribution is 6.36. The lowest BCUT2D eigenvalue weighted by Gasteiger charge is -2.19. The molecule has 3 rings (SSSR count). The van der Waals surface area contributed by atoms with E-state index in [1.54, 1.807) is 18.2 Å². The van der Waals surface area contributed by atoms with Crippen LogP contribution in [-0.4, -0.2) is 29.9 Å². The minimum Gasteiger partial charge on any atom is -0.338 e. The molecule has 1 aliphatic carbocycles. The number of hydrogen-bond donors (Lipinski definition) is 1. The number of benzene rings is 1. The lowest BCUT2D eigenvalue weighted by Crippen LogP contribution is -2.33. The molecular formula is C14H17Cl3N2O. The first-order valence-electron chi connectivity index (χ1n) is 6.56. The fraction of sp³-hybridized carbons (Fsp3) is 0.500. The number of hydrogen-bond acceptors (Lipinski definition) is 2. The summed E-state index contributed by atoms with van der Waals surface area (Å²) in [6, 6.07) is 5.24. The van der Waals surface area contributed by atoms with Gasteiger partial charge in [-0.15, -0.1) is 12.4 Å². The summed E-state index contributed by atoms with van der Waals surface area (Å²) in [4.78, 5) is 14.4. The molecule has 6 heteroatoms. The molecule has 1 amide bonds. The number of likely N-dealkylation sites (tertiary alicyclic amines) is 1. The number of rotatable bonds is 1. The molecule has 2 N–H and O–H groups in total. The van der Waals surface area contributed by atoms with Gasteiger partial charge in [0.15, 0.2) is 0 Å². The van der Waals surface area contributed by atoms with E-state index in [1.807, 2.05) is 4.90 Å². The number of fused-ring (bicyclic) bond motifs is 1. The number of halogens is 3. The van der Waals surface area contributed by atoms with Gasteiger partial charge in [-0.1, -0.05) is 23.2 Å². The van der Waals surface area contributed by atoms with E-state index in [4.69, 9.17) is 28.9 Å². The number of carbonyl (C=O) groups is 1. The molecule has 0 radical (unpaired) electrons. The van der Waals surface area contributed by atoms with Crippen LogP contribution in [0.25, 0.3) is 0 Å². The minimum absolute atomic E-state index is 0. The highest BCUT2D eigenvalue weighted by Gasteiger charge is 2.42. The summed E-state index contributed by atoms with van der Waals surface area (Å²) in [5.74, 6) is 1.00. The average molecular weight is 336 g/mol. The zero-order valence-electron chi connectivity index (χ0n) is 10.9. The molecule has 1 saturated heterocycles. The highest BCUT2D eigenvalue weighted by Crippen LogP contribution is 2.38. The van der Waals surface area contributed by atoms with Crippen LogP contribution in [0.3, 0.4) is 0 Å². The van der Waals surface area contributed by atoms with Crippen molar-refractivity contribution in [3.05, 3.63) is 33.8 Å². The Labute approximate surface area is 134 Å². The van der Waals surface area contributed by atoms with Gasteiger partial charge in [0.25, 0.3) is 5.91 Å². The van der Waals surface area contributed by atoms with Crippen molar-refractivity contribution in [3.8, 4) is 0 Å². The van der Waals surface area contributed by atoms with Crippen LogP contribution in [-0.2, 0) is 0 Å². The summed E-state index contributed by atoms with van der Waals surface area (Å²) in [5, 5.41) is 0.959. The maximum Gasteiger partial charge on any atom is 0.255 e. The molecule has 1 aromatic rings. The molecule has 0 aromatic heterocycles. The maximum absolute atomic E-state index is 12.5. The van der Waals surface area contributed by atoms with Crippen LogP contribution < -0.4 is 5.73 Å². The van der Waals surface area contributed by atoms with Crippen molar-refractivity contribution in [2.24, 2.45) is 17.6 Å². The number of amides is 1. The first-order valence-corrected chi connectivity index (χ1v) is 7.32. The molecule has 1 heterocycles. The molecule has 3 atom stereocenters. The van der Waals surface area contributed by atoms with Crippen molar-refractivity contribution in [1.29, 1.82) is 0 Å². The van der Waals surface area contributed by atoms with Crippen LogP contribution in [0.4, 0.5) is 0 Å². The number of nitrogens with two attached hydrogens (primary N) is 1. The van der Waals surface area contributed by atoms with Crippen molar-refractivity contribution in [2.45, 2.75) is 18.9 Å². The SMILES string of the molecule is Cl.NC1CCC2CN(C(=O)c3ccc(Cl)cc3Cl)CC12. The molecule has 20 heavy (non-hydrogen) atoms. The van der Waals surface area contributed by atoms with Gasteiger partial charge in [-0.25, -0.2) is 0 Å². The smallest absolute Gasteiger partial charge is 0.255 e. The van der Waals surface area contributed by atoms with Crippen molar-refractivity contribution < 1.29 is 4.79 Å². The van der Waals surface area contributed by atoms with Gasteiger partial charge in [0.1, 0.15) is 0 Å². The molecule has 0 bridgehead atoms. The summed E-state index contributed by atoms with van der Waals surface area (Å²) in [6.45, 7) is 1.56. The maximum atomic E-state index is 12.5. The summed E-state index contributed by atoms with van der Waals surface area (Å²) in [6.07, 6.45) is 2.21. The largest absolute Gasteiger partial charge is 0.338 e. The zero-order chi connectivity index (χ0) is 13.6. The lowest BCUT2D eigenvalue weighted by molar-refractivity contribution is 0.0780. The van der Waals surface area contributed by atoms with E-state index < -0.39 is 0 Å². The normalized spacial score (nSPS) is 28.1. The second kappa shape index (κ2) is 6.10. The van der Waals surface area contributed by atoms with E-state index >= 15 is 0 Å². The third kappa shape index (κ3) is 2.77. The van der Waals surface area contributed by atoms with Gasteiger partial charge in [0, 0.05) is 24.2 Å². The standard InChI is InChI=1S/C14H16Cl2N2O.ClH/c15-9-2-3-10(12(16)5-9)14(19)18-6-8-1-4-13(17)11(8)7-18;/h2-3,5,8,11,13H,1,4,6-7,17H2;1H. The van der Waals surface area contributed by atoms with E-state index in [2.05, 4.69) is 0 Å². The van der Waals surface area contributed by atoms with Crippen LogP contribution in [0.2, 0.25) is 10.0 Å². The van der Waals surface area contributed by atoms with Gasteiger partial charge < -0.3 is 10.6 Å². The molecule has 1 saturated carbocycles. The minimum atomic E-state index is -0.0109. The van der Waals surface area contributed by atoms with Crippen molar-refractivity contribution in [3.63, 3.8) is 0 Å². The third-order valence-electron chi connectivity index (χ3n) is 4.36. The molecule has 110 valence electrons. The lowest BCUT2D eigenvalue weighted by atomic mass is 9.98. The first kappa shape index (κ1) is 15.9. The van der Waals surface area contributed by atoms with Crippen LogP contribution >= 0.6 is 35.6 Å². The quantitative estimate of drug-likeness (QED) is 0.856. The molecule has 3 nitrogen and oxygen atoms in total. The van der Waals surface area contributed by atoms with Gasteiger partial charge in [0.05, 0.1) is 10.6 Å². The van der Waals surface area contributed by atoms with Gasteiger partial charge in [-0.05, 0) is 42.9 Å². The van der Waals surface area contributed by atoms with Crippen molar-refractivity contribution in [2.75, 3.05) is 13.1 Å². The zero-order valence-corrected chi connectivity index (χ0v) is 13.2. The van der Waals surface area contributed by atoms with Gasteiger partial charge in [0.2, 0.25) is 0 Å². The Morgan fingerprint density at radius 1 is 1.25 bits per heavy atom. The van der Waals surface area contributed by atoms with E-state index in [9.17, 15) is 4.79 Å². The van der Waals surface area contributed by atoms with Crippen molar-refractivity contribution in [1.82, 2.24) is 4.90 Å². The van der Waals surface area contributed by atoms with Crippen LogP contribution in [0.5, 0.6) is 0 Å². The average Bonchev–Trinajstić information content (AvgIpc) is 2.91. The Morgan fingerprint density at radius 3 is 2.65 bits per heavy atom. The molecular weight excluding hydrogens is 319 g/mol. The molecule has 2 aliphatic rings. The molecule has 0 spiro atoms. The number of carbonyl (C=O) groups excluding carboxylic acids is 1. The highest BCUT2D eigenvalue weighted by atomic mass is 35.5. The predicted molar refractivity (Wildman–Crippen MR) is 83.8 cm³/mol. The van der Waals surface area contributed by atoms with E-state index in [0.29, 0.717) is 27.4 Å². The summed E-state index contributed by atoms with van der Waals surface area (Å²) < 4.78 is 0. The fourth-order valence-corrected chi connectivity index (χ4v) is 3.80. The molecule has 1 aromatic carbocycles. The van der Waals surface area contributed by atoms with Crippen LogP contribution in [0.1, 0.15) is 23.2 Å². The molecule has 1 aliphatic heterocycles. The van der Waals surface area contributed by atoms with E-state index in [1.165, 1.54) is 0 Å². The van der Waals surface area contributed by atoms with E-state index in [-0.39, 0.29) is 24.4 Å². The summed E-state index contributed by atoms with van der Waals surface area (Å²) in [7, 11) is 0. The number of nitrogens with zero attached hydrogens (tertiary/aromatic N) is 1. The first-order chi connectivity index (χ1) is 9.06. The Kier molecular flexibility index (Phi) is 4.85. The monoisotopic (exact) mass is 334 g/mol. The molecule has 3 unspecified atom stereocenters. The second-order valence-electron chi connectivity index (χ2n) is 5.50. The Morgan fingerprint density at radius 2 is 2.00 bits per heavy atom. The van der Waals surface area contributed by atoms with Crippen LogP contribution in [0.15, 0.2) is 18.2 Å². The third-order valence-corrected chi connectivity index (χ3v) is 4.91. The Hall–Kier alpha value is -0.480. The van der Waals surface area contributed by atoms with E-state index in [0.717, 1.165) is 25.9 Å². The summed E-state index contributed by atoms with van der Waals surface area (Å²) >= 11 is 11.9. The fourth-order valence-electron chi connectivity index (χ4n) is 3.31. The predicted octanol–water partition coefficient (Wildman–Crippen LogP) is 3.22. The van der Waals surface area contributed by atoms with Crippen molar-refractivity contribution >= 4 is 41.5 Å². The second-order valence-corrected chi connectivity index (χ2v) is 6.34. The Balaban J connectivity index is 0.00000147. The topological polar surface area (TPSA) is 46.3 Å². The Bertz CT molecular complexity index is 523. The van der Waals surface area contributed by atoms with Gasteiger partial charge in [-0.2, -0.15) is 0 Å². The van der Waals surface area contributed by atoms with Gasteiger partial charge >= 0.3 is 0 Å². The van der Waals surface area contributed by atoms with Gasteiger partial charge in [-0.3, -0.25) is 4.79 Å². The molecule has 2 fully saturated rings. The van der Waals surface area contributed by atoms with Crippen LogP contribution in [0, 0.1) is 11.8 Å². The summed E-state index contributed by atoms with van der Waals surface area (Å²) in [5.41, 5.74) is 6.62.